The zero-order valence-corrected chi connectivity index (χ0v) is 12.8. The van der Waals surface area contributed by atoms with Crippen molar-refractivity contribution in [3.8, 4) is 0 Å². The molecule has 0 amide bonds. The van der Waals surface area contributed by atoms with Crippen LogP contribution in [0.5, 0.6) is 0 Å². The summed E-state index contributed by atoms with van der Waals surface area (Å²) >= 11 is 3.22. The van der Waals surface area contributed by atoms with Crippen LogP contribution in [0.1, 0.15) is 25.0 Å². The first kappa shape index (κ1) is 15.9. The fourth-order valence-electron chi connectivity index (χ4n) is 2.00. The number of alkyl halides is 4. The van der Waals surface area contributed by atoms with Gasteiger partial charge in [-0.1, -0.05) is 41.9 Å². The molecule has 20 heavy (non-hydrogen) atoms. The van der Waals surface area contributed by atoms with Crippen molar-refractivity contribution in [2.24, 2.45) is 5.41 Å². The lowest BCUT2D eigenvalue weighted by atomic mass is 9.73. The van der Waals surface area contributed by atoms with E-state index in [-0.39, 0.29) is 5.41 Å². The quantitative estimate of drug-likeness (QED) is 0.601. The molecule has 0 atom stereocenters. The first-order valence-corrected chi connectivity index (χ1v) is 7.34. The van der Waals surface area contributed by atoms with Crippen LogP contribution in [0, 0.1) is 5.41 Å². The van der Waals surface area contributed by atoms with E-state index < -0.39 is 18.9 Å². The molecule has 2 rings (SSSR count). The zero-order chi connectivity index (χ0) is 15.0. The summed E-state index contributed by atoms with van der Waals surface area (Å²) in [4.78, 5) is 0. The molecule has 7 heteroatoms. The van der Waals surface area contributed by atoms with E-state index in [1.54, 1.807) is 0 Å². The summed E-state index contributed by atoms with van der Waals surface area (Å²) in [5.74, 6) is 0. The highest BCUT2D eigenvalue weighted by molar-refractivity contribution is 9.08. The fraction of sp³-hybridized carbons (Fsp3) is 0.538. The summed E-state index contributed by atoms with van der Waals surface area (Å²) < 4.78 is 49.4. The Bertz CT molecular complexity index is 481. The second-order valence-corrected chi connectivity index (χ2v) is 6.22. The lowest BCUT2D eigenvalue weighted by molar-refractivity contribution is -0.137. The Morgan fingerprint density at radius 2 is 1.85 bits per heavy atom. The molecule has 1 heterocycles. The summed E-state index contributed by atoms with van der Waals surface area (Å²) in [6.07, 6.45) is -4.34. The predicted octanol–water partition coefficient (Wildman–Crippen LogP) is 3.37. The largest absolute Gasteiger partial charge is 0.494 e. The third kappa shape index (κ3) is 3.57. The third-order valence-corrected chi connectivity index (χ3v) is 3.72. The summed E-state index contributed by atoms with van der Waals surface area (Å²) in [6.45, 7) is 5.06. The minimum absolute atomic E-state index is 0.0724. The number of benzene rings is 1. The Hall–Kier alpha value is -0.525. The van der Waals surface area contributed by atoms with Crippen LogP contribution in [0.15, 0.2) is 18.2 Å². The number of rotatable bonds is 2. The van der Waals surface area contributed by atoms with Crippen LogP contribution in [0.4, 0.5) is 13.2 Å². The highest BCUT2D eigenvalue weighted by Gasteiger charge is 2.36. The van der Waals surface area contributed by atoms with E-state index in [1.165, 1.54) is 6.07 Å². The maximum atomic E-state index is 12.7. The van der Waals surface area contributed by atoms with E-state index in [0.717, 1.165) is 12.1 Å². The fourth-order valence-corrected chi connectivity index (χ4v) is 2.49. The normalized spacial score (nSPS) is 19.2. The molecular formula is C13H15BBrF3O2. The molecule has 1 saturated heterocycles. The number of hydrogen-bond acceptors (Lipinski definition) is 2. The maximum Gasteiger partial charge on any atom is 0.494 e. The van der Waals surface area contributed by atoms with Gasteiger partial charge in [0.2, 0.25) is 0 Å². The highest BCUT2D eigenvalue weighted by Crippen LogP contribution is 2.30. The minimum atomic E-state index is -4.34. The molecule has 0 bridgehead atoms. The van der Waals surface area contributed by atoms with Gasteiger partial charge in [-0.3, -0.25) is 0 Å². The van der Waals surface area contributed by atoms with Crippen molar-refractivity contribution in [2.45, 2.75) is 25.4 Å². The molecule has 1 aromatic carbocycles. The molecule has 0 aromatic heterocycles. The number of halogens is 4. The zero-order valence-electron chi connectivity index (χ0n) is 11.3. The van der Waals surface area contributed by atoms with Gasteiger partial charge in [-0.15, -0.1) is 0 Å². The van der Waals surface area contributed by atoms with Crippen molar-refractivity contribution in [3.63, 3.8) is 0 Å². The van der Waals surface area contributed by atoms with Crippen molar-refractivity contribution >= 4 is 28.5 Å². The van der Waals surface area contributed by atoms with Gasteiger partial charge < -0.3 is 9.31 Å². The molecule has 1 aliphatic rings. The van der Waals surface area contributed by atoms with Crippen LogP contribution in [-0.2, 0) is 20.8 Å². The van der Waals surface area contributed by atoms with E-state index in [0.29, 0.717) is 29.6 Å². The van der Waals surface area contributed by atoms with Crippen LogP contribution < -0.4 is 5.46 Å². The Balaban J connectivity index is 2.25. The summed E-state index contributed by atoms with van der Waals surface area (Å²) in [6, 6.07) is 3.63. The van der Waals surface area contributed by atoms with Gasteiger partial charge in [0, 0.05) is 24.0 Å². The third-order valence-electron chi connectivity index (χ3n) is 3.12. The van der Waals surface area contributed by atoms with Crippen LogP contribution >= 0.6 is 15.9 Å². The topological polar surface area (TPSA) is 18.5 Å². The van der Waals surface area contributed by atoms with E-state index in [1.807, 2.05) is 13.8 Å². The van der Waals surface area contributed by atoms with E-state index in [4.69, 9.17) is 9.31 Å². The first-order valence-electron chi connectivity index (χ1n) is 6.22. The Labute approximate surface area is 124 Å². The van der Waals surface area contributed by atoms with Gasteiger partial charge in [0.1, 0.15) is 0 Å². The average molecular weight is 351 g/mol. The van der Waals surface area contributed by atoms with Gasteiger partial charge in [0.15, 0.2) is 0 Å². The summed E-state index contributed by atoms with van der Waals surface area (Å²) in [7, 11) is -0.599. The molecule has 0 aliphatic carbocycles. The lowest BCUT2D eigenvalue weighted by Gasteiger charge is -2.33. The molecule has 110 valence electrons. The molecule has 1 fully saturated rings. The molecule has 1 aliphatic heterocycles. The Kier molecular flexibility index (Phi) is 4.51. The highest BCUT2D eigenvalue weighted by atomic mass is 79.9. The predicted molar refractivity (Wildman–Crippen MR) is 75.1 cm³/mol. The molecule has 0 unspecified atom stereocenters. The van der Waals surface area contributed by atoms with Gasteiger partial charge >= 0.3 is 13.3 Å². The van der Waals surface area contributed by atoms with Gasteiger partial charge in [-0.25, -0.2) is 0 Å². The van der Waals surface area contributed by atoms with Crippen molar-refractivity contribution in [1.82, 2.24) is 0 Å². The maximum absolute atomic E-state index is 12.7. The van der Waals surface area contributed by atoms with Crippen molar-refractivity contribution in [1.29, 1.82) is 0 Å². The lowest BCUT2D eigenvalue weighted by Crippen LogP contribution is -2.48. The molecule has 0 saturated carbocycles. The van der Waals surface area contributed by atoms with Crippen molar-refractivity contribution in [2.75, 3.05) is 13.2 Å². The molecule has 0 radical (unpaired) electrons. The number of hydrogen-bond donors (Lipinski definition) is 0. The van der Waals surface area contributed by atoms with Crippen LogP contribution in [0.25, 0.3) is 0 Å². The summed E-state index contributed by atoms with van der Waals surface area (Å²) in [5, 5.41) is 0.318. The van der Waals surface area contributed by atoms with E-state index >= 15 is 0 Å². The summed E-state index contributed by atoms with van der Waals surface area (Å²) in [5.41, 5.74) is 0.443. The van der Waals surface area contributed by atoms with Gasteiger partial charge in [0.05, 0.1) is 5.56 Å². The molecule has 0 N–H and O–H groups in total. The van der Waals surface area contributed by atoms with Gasteiger partial charge in [-0.05, 0) is 17.1 Å². The van der Waals surface area contributed by atoms with Crippen molar-refractivity contribution in [3.05, 3.63) is 29.3 Å². The minimum Gasteiger partial charge on any atom is -0.407 e. The standard InChI is InChI=1S/C13H15BBrF3O2/c1-12(2)7-19-14(20-8-12)11-4-3-10(13(16,17)18)5-9(11)6-15/h3-5H,6-8H2,1-2H3. The molecule has 1 aromatic rings. The SMILES string of the molecule is CC1(C)COB(c2ccc(C(F)(F)F)cc2CBr)OC1. The monoisotopic (exact) mass is 350 g/mol. The van der Waals surface area contributed by atoms with E-state index in [2.05, 4.69) is 15.9 Å². The van der Waals surface area contributed by atoms with Gasteiger partial charge in [0.25, 0.3) is 0 Å². The molecular weight excluding hydrogens is 336 g/mol. The van der Waals surface area contributed by atoms with Crippen LogP contribution in [0.2, 0.25) is 0 Å². The Morgan fingerprint density at radius 1 is 1.25 bits per heavy atom. The van der Waals surface area contributed by atoms with Crippen molar-refractivity contribution < 1.29 is 22.5 Å². The van der Waals surface area contributed by atoms with Crippen LogP contribution in [0.3, 0.4) is 0 Å². The second kappa shape index (κ2) is 5.69. The average Bonchev–Trinajstić information content (AvgIpc) is 2.37. The second-order valence-electron chi connectivity index (χ2n) is 5.66. The molecule has 2 nitrogen and oxygen atoms in total. The van der Waals surface area contributed by atoms with Crippen LogP contribution in [-0.4, -0.2) is 20.3 Å². The first-order chi connectivity index (χ1) is 9.23. The van der Waals surface area contributed by atoms with E-state index in [9.17, 15) is 13.2 Å². The smallest absolute Gasteiger partial charge is 0.407 e. The Morgan fingerprint density at radius 3 is 2.35 bits per heavy atom. The van der Waals surface area contributed by atoms with Gasteiger partial charge in [-0.2, -0.15) is 13.2 Å². The molecule has 0 spiro atoms.